The third kappa shape index (κ3) is 2.22. The van der Waals surface area contributed by atoms with E-state index in [0.29, 0.717) is 29.5 Å². The van der Waals surface area contributed by atoms with E-state index in [2.05, 4.69) is 13.8 Å². The van der Waals surface area contributed by atoms with Crippen LogP contribution in [0.2, 0.25) is 0 Å². The Hall–Kier alpha value is -0.860. The van der Waals surface area contributed by atoms with Gasteiger partial charge in [-0.05, 0) is 61.7 Å². The zero-order chi connectivity index (χ0) is 17.1. The molecule has 0 radical (unpaired) electrons. The van der Waals surface area contributed by atoms with Crippen molar-refractivity contribution in [2.75, 3.05) is 0 Å². The number of fused-ring (bicyclic) bond motifs is 5. The van der Waals surface area contributed by atoms with Gasteiger partial charge in [-0.2, -0.15) is 0 Å². The normalized spacial score (nSPS) is 50.6. The van der Waals surface area contributed by atoms with Gasteiger partial charge in [-0.3, -0.25) is 9.59 Å². The van der Waals surface area contributed by atoms with Crippen molar-refractivity contribution in [2.24, 2.45) is 34.5 Å². The van der Waals surface area contributed by atoms with Gasteiger partial charge in [-0.15, -0.1) is 0 Å². The number of ketones is 1. The van der Waals surface area contributed by atoms with Crippen LogP contribution < -0.4 is 0 Å². The highest BCUT2D eigenvalue weighted by molar-refractivity contribution is 5.83. The van der Waals surface area contributed by atoms with Crippen molar-refractivity contribution in [1.29, 1.82) is 0 Å². The first-order valence-electron chi connectivity index (χ1n) is 10.1. The molecule has 0 saturated heterocycles. The van der Waals surface area contributed by atoms with Crippen molar-refractivity contribution < 1.29 is 14.3 Å². The lowest BCUT2D eigenvalue weighted by Crippen LogP contribution is -2.56. The monoisotopic (exact) mass is 332 g/mol. The molecule has 0 amide bonds. The van der Waals surface area contributed by atoms with Gasteiger partial charge in [-0.25, -0.2) is 0 Å². The third-order valence-electron chi connectivity index (χ3n) is 8.59. The molecule has 134 valence electrons. The van der Waals surface area contributed by atoms with Crippen LogP contribution >= 0.6 is 0 Å². The Morgan fingerprint density at radius 2 is 1.75 bits per heavy atom. The van der Waals surface area contributed by atoms with Crippen LogP contribution in [0.5, 0.6) is 0 Å². The van der Waals surface area contributed by atoms with Crippen LogP contribution in [-0.4, -0.2) is 17.9 Å². The highest BCUT2D eigenvalue weighted by Crippen LogP contribution is 2.65. The van der Waals surface area contributed by atoms with Crippen LogP contribution in [-0.2, 0) is 14.3 Å². The number of hydrogen-bond donors (Lipinski definition) is 0. The second-order valence-corrected chi connectivity index (χ2v) is 9.57. The molecule has 0 aromatic heterocycles. The van der Waals surface area contributed by atoms with Crippen LogP contribution in [0.25, 0.3) is 0 Å². The van der Waals surface area contributed by atoms with E-state index in [0.717, 1.165) is 32.1 Å². The quantitative estimate of drug-likeness (QED) is 0.663. The van der Waals surface area contributed by atoms with Crippen LogP contribution in [0.15, 0.2) is 0 Å². The average Bonchev–Trinajstić information content (AvgIpc) is 2.84. The van der Waals surface area contributed by atoms with E-state index in [-0.39, 0.29) is 22.9 Å². The van der Waals surface area contributed by atoms with E-state index in [1.165, 1.54) is 32.6 Å². The van der Waals surface area contributed by atoms with Crippen LogP contribution in [0.4, 0.5) is 0 Å². The van der Waals surface area contributed by atoms with Gasteiger partial charge in [0.25, 0.3) is 0 Å². The Morgan fingerprint density at radius 3 is 2.50 bits per heavy atom. The van der Waals surface area contributed by atoms with E-state index < -0.39 is 0 Å². The lowest BCUT2D eigenvalue weighted by Gasteiger charge is -2.59. The van der Waals surface area contributed by atoms with Gasteiger partial charge in [0.05, 0.1) is 0 Å². The summed E-state index contributed by atoms with van der Waals surface area (Å²) in [5, 5.41) is 0. The molecule has 4 saturated carbocycles. The molecule has 3 nitrogen and oxygen atoms in total. The largest absolute Gasteiger partial charge is 0.462 e. The first-order chi connectivity index (χ1) is 11.4. The summed E-state index contributed by atoms with van der Waals surface area (Å²) in [5.74, 6) is 2.50. The summed E-state index contributed by atoms with van der Waals surface area (Å²) >= 11 is 0. The van der Waals surface area contributed by atoms with Crippen molar-refractivity contribution in [2.45, 2.75) is 84.7 Å². The van der Waals surface area contributed by atoms with Gasteiger partial charge in [0.2, 0.25) is 0 Å². The lowest BCUT2D eigenvalue weighted by atomic mass is 9.45. The molecule has 0 aliphatic heterocycles. The maximum absolute atomic E-state index is 13.0. The molecule has 0 heterocycles. The minimum Gasteiger partial charge on any atom is -0.462 e. The molecule has 0 bridgehead atoms. The highest BCUT2D eigenvalue weighted by atomic mass is 16.5. The van der Waals surface area contributed by atoms with Gasteiger partial charge in [-0.1, -0.05) is 26.7 Å². The Bertz CT molecular complexity index is 555. The second-order valence-electron chi connectivity index (χ2n) is 9.57. The summed E-state index contributed by atoms with van der Waals surface area (Å²) in [6, 6.07) is 0. The molecule has 3 heteroatoms. The number of Topliss-reactive ketones (excluding diaryl/α,β-unsaturated/α-hetero) is 1. The minimum atomic E-state index is -0.150. The van der Waals surface area contributed by atoms with E-state index in [1.807, 2.05) is 0 Å². The minimum absolute atomic E-state index is 0.0629. The predicted octanol–water partition coefficient (Wildman–Crippen LogP) is 4.53. The molecule has 0 aromatic carbocycles. The van der Waals surface area contributed by atoms with Gasteiger partial charge < -0.3 is 4.74 Å². The number of rotatable bonds is 1. The van der Waals surface area contributed by atoms with Crippen molar-refractivity contribution in [1.82, 2.24) is 0 Å². The van der Waals surface area contributed by atoms with Crippen molar-refractivity contribution in [3.8, 4) is 0 Å². The highest BCUT2D eigenvalue weighted by Gasteiger charge is 2.62. The fraction of sp³-hybridized carbons (Fsp3) is 0.905. The topological polar surface area (TPSA) is 43.4 Å². The number of esters is 1. The maximum Gasteiger partial charge on any atom is 0.302 e. The van der Waals surface area contributed by atoms with Crippen LogP contribution in [0.1, 0.15) is 78.6 Å². The SMILES string of the molecule is CC(=O)O[C@H]1CC[C@H]2[C@@H]3CC(=O)[C@H]4CCCC[C@]4(C)[C@H]3CC[C@]12C. The molecule has 4 fully saturated rings. The molecule has 24 heavy (non-hydrogen) atoms. The molecule has 7 atom stereocenters. The second kappa shape index (κ2) is 5.57. The summed E-state index contributed by atoms with van der Waals surface area (Å²) in [7, 11) is 0. The number of hydrogen-bond acceptors (Lipinski definition) is 3. The van der Waals surface area contributed by atoms with Crippen LogP contribution in [0, 0.1) is 34.5 Å². The summed E-state index contributed by atoms with van der Waals surface area (Å²) in [4.78, 5) is 24.5. The van der Waals surface area contributed by atoms with Crippen molar-refractivity contribution >= 4 is 11.8 Å². The molecule has 0 spiro atoms. The Balaban J connectivity index is 1.63. The Labute approximate surface area is 145 Å². The summed E-state index contributed by atoms with van der Waals surface area (Å²) in [6.45, 7) is 6.28. The molecule has 0 unspecified atom stereocenters. The smallest absolute Gasteiger partial charge is 0.302 e. The third-order valence-corrected chi connectivity index (χ3v) is 8.59. The average molecular weight is 332 g/mol. The van der Waals surface area contributed by atoms with Gasteiger partial charge >= 0.3 is 5.97 Å². The first kappa shape index (κ1) is 16.6. The molecule has 0 N–H and O–H groups in total. The van der Waals surface area contributed by atoms with E-state index in [4.69, 9.17) is 4.74 Å². The molecular weight excluding hydrogens is 300 g/mol. The Kier molecular flexibility index (Phi) is 3.85. The molecule has 4 rings (SSSR count). The van der Waals surface area contributed by atoms with Gasteiger partial charge in [0.1, 0.15) is 11.9 Å². The number of ether oxygens (including phenoxy) is 1. The number of carbonyl (C=O) groups excluding carboxylic acids is 2. The molecule has 4 aliphatic carbocycles. The zero-order valence-electron chi connectivity index (χ0n) is 15.5. The zero-order valence-corrected chi connectivity index (χ0v) is 15.5. The Morgan fingerprint density at radius 1 is 1.00 bits per heavy atom. The van der Waals surface area contributed by atoms with Crippen molar-refractivity contribution in [3.05, 3.63) is 0 Å². The predicted molar refractivity (Wildman–Crippen MR) is 92.3 cm³/mol. The van der Waals surface area contributed by atoms with E-state index in [9.17, 15) is 9.59 Å². The van der Waals surface area contributed by atoms with Gasteiger partial charge in [0.15, 0.2) is 0 Å². The lowest BCUT2D eigenvalue weighted by molar-refractivity contribution is -0.166. The molecule has 4 aliphatic rings. The fourth-order valence-corrected chi connectivity index (χ4v) is 7.44. The van der Waals surface area contributed by atoms with Crippen LogP contribution in [0.3, 0.4) is 0 Å². The first-order valence-corrected chi connectivity index (χ1v) is 10.1. The van der Waals surface area contributed by atoms with Gasteiger partial charge in [0, 0.05) is 24.7 Å². The fourth-order valence-electron chi connectivity index (χ4n) is 7.44. The summed E-state index contributed by atoms with van der Waals surface area (Å²) in [5.41, 5.74) is 0.323. The van der Waals surface area contributed by atoms with Crippen molar-refractivity contribution in [3.63, 3.8) is 0 Å². The molecule has 0 aromatic rings. The standard InChI is InChI=1S/C21H32O3/c1-13(22)24-19-8-7-15-14-12-18(23)17-6-4-5-10-20(17,2)16(14)9-11-21(15,19)3/h14-17,19H,4-12H2,1-3H3/t14-,15-,16-,17+,19-,20+,21-/m0/s1. The molecular formula is C21H32O3. The van der Waals surface area contributed by atoms with E-state index in [1.54, 1.807) is 0 Å². The number of carbonyl (C=O) groups is 2. The van der Waals surface area contributed by atoms with E-state index >= 15 is 0 Å². The summed E-state index contributed by atoms with van der Waals surface area (Å²) < 4.78 is 5.70. The summed E-state index contributed by atoms with van der Waals surface area (Å²) in [6.07, 6.45) is 10.2. The maximum atomic E-state index is 13.0.